The van der Waals surface area contributed by atoms with E-state index in [9.17, 15) is 18.4 Å². The molecule has 0 fully saturated rings. The summed E-state index contributed by atoms with van der Waals surface area (Å²) in [6, 6.07) is 9.15. The van der Waals surface area contributed by atoms with Crippen LogP contribution in [0.5, 0.6) is 0 Å². The van der Waals surface area contributed by atoms with Gasteiger partial charge in [-0.2, -0.15) is 11.8 Å². The van der Waals surface area contributed by atoms with E-state index in [1.54, 1.807) is 24.3 Å². The first-order chi connectivity index (χ1) is 12.4. The van der Waals surface area contributed by atoms with Crippen molar-refractivity contribution in [3.05, 3.63) is 64.1 Å². The van der Waals surface area contributed by atoms with Crippen LogP contribution in [-0.4, -0.2) is 29.9 Å². The molecule has 2 aromatic rings. The van der Waals surface area contributed by atoms with E-state index >= 15 is 0 Å². The van der Waals surface area contributed by atoms with Crippen LogP contribution in [0.15, 0.2) is 46.9 Å². The third kappa shape index (κ3) is 5.54. The molecule has 0 unspecified atom stereocenters. The average Bonchev–Trinajstić information content (AvgIpc) is 2.61. The molecule has 2 aromatic carbocycles. The number of halogens is 3. The topological polar surface area (TPSA) is 58.2 Å². The third-order valence-corrected chi connectivity index (χ3v) is 4.87. The van der Waals surface area contributed by atoms with Crippen LogP contribution in [0.1, 0.15) is 16.8 Å². The van der Waals surface area contributed by atoms with Crippen molar-refractivity contribution >= 4 is 45.2 Å². The standard InChI is InChI=1S/C18H17BrF2N2O2S/c1-26-9-8-16(23-17(24)12-4-2-3-5-13(12)19)18(25)22-11-6-7-14(20)15(21)10-11/h2-7,10,16H,8-9H2,1H3,(H,22,25)(H,23,24)/t16-/m1/s1. The molecule has 0 aliphatic carbocycles. The molecule has 2 rings (SSSR count). The highest BCUT2D eigenvalue weighted by Gasteiger charge is 2.22. The lowest BCUT2D eigenvalue weighted by molar-refractivity contribution is -0.118. The Morgan fingerprint density at radius 1 is 1.15 bits per heavy atom. The first kappa shape index (κ1) is 20.4. The largest absolute Gasteiger partial charge is 0.340 e. The second-order valence-corrected chi connectivity index (χ2v) is 7.25. The van der Waals surface area contributed by atoms with E-state index in [-0.39, 0.29) is 5.69 Å². The summed E-state index contributed by atoms with van der Waals surface area (Å²) in [4.78, 5) is 25.0. The second-order valence-electron chi connectivity index (χ2n) is 5.41. The lowest BCUT2D eigenvalue weighted by Crippen LogP contribution is -2.44. The number of benzene rings is 2. The van der Waals surface area contributed by atoms with Gasteiger partial charge in [0, 0.05) is 16.2 Å². The van der Waals surface area contributed by atoms with E-state index in [1.807, 2.05) is 6.26 Å². The molecule has 1 atom stereocenters. The van der Waals surface area contributed by atoms with E-state index in [0.717, 1.165) is 12.1 Å². The minimum absolute atomic E-state index is 0.123. The number of rotatable bonds is 7. The van der Waals surface area contributed by atoms with Gasteiger partial charge in [-0.3, -0.25) is 9.59 Å². The smallest absolute Gasteiger partial charge is 0.253 e. The van der Waals surface area contributed by atoms with Crippen LogP contribution in [0, 0.1) is 11.6 Å². The molecule has 0 saturated heterocycles. The summed E-state index contributed by atoms with van der Waals surface area (Å²) in [5, 5.41) is 5.20. The van der Waals surface area contributed by atoms with Gasteiger partial charge >= 0.3 is 0 Å². The molecular formula is C18H17BrF2N2O2S. The van der Waals surface area contributed by atoms with Gasteiger partial charge in [0.2, 0.25) is 5.91 Å². The normalized spacial score (nSPS) is 11.7. The van der Waals surface area contributed by atoms with Gasteiger partial charge in [-0.15, -0.1) is 0 Å². The van der Waals surface area contributed by atoms with E-state index in [1.165, 1.54) is 17.8 Å². The van der Waals surface area contributed by atoms with E-state index in [0.29, 0.717) is 22.2 Å². The first-order valence-corrected chi connectivity index (χ1v) is 9.91. The quantitative estimate of drug-likeness (QED) is 0.674. The number of hydrogen-bond donors (Lipinski definition) is 2. The maximum Gasteiger partial charge on any atom is 0.253 e. The number of carbonyl (C=O) groups excluding carboxylic acids is 2. The highest BCUT2D eigenvalue weighted by Crippen LogP contribution is 2.17. The Labute approximate surface area is 162 Å². The van der Waals surface area contributed by atoms with Crippen LogP contribution in [0.3, 0.4) is 0 Å². The van der Waals surface area contributed by atoms with Crippen LogP contribution in [0.25, 0.3) is 0 Å². The number of thioether (sulfide) groups is 1. The van der Waals surface area contributed by atoms with Gasteiger partial charge in [-0.25, -0.2) is 8.78 Å². The van der Waals surface area contributed by atoms with E-state index in [2.05, 4.69) is 26.6 Å². The Balaban J connectivity index is 2.12. The molecule has 0 radical (unpaired) electrons. The van der Waals surface area contributed by atoms with E-state index in [4.69, 9.17) is 0 Å². The summed E-state index contributed by atoms with van der Waals surface area (Å²) in [7, 11) is 0. The molecule has 0 bridgehead atoms. The predicted molar refractivity (Wildman–Crippen MR) is 103 cm³/mol. The highest BCUT2D eigenvalue weighted by atomic mass is 79.9. The Bertz CT molecular complexity index is 805. The fraction of sp³-hybridized carbons (Fsp3) is 0.222. The maximum atomic E-state index is 13.3. The van der Waals surface area contributed by atoms with Gasteiger partial charge in [0.15, 0.2) is 11.6 Å². The zero-order chi connectivity index (χ0) is 19.1. The molecule has 0 aliphatic heterocycles. The summed E-state index contributed by atoms with van der Waals surface area (Å²) in [5.74, 6) is -2.30. The summed E-state index contributed by atoms with van der Waals surface area (Å²) in [5.41, 5.74) is 0.528. The summed E-state index contributed by atoms with van der Waals surface area (Å²) in [6.45, 7) is 0. The summed E-state index contributed by atoms with van der Waals surface area (Å²) >= 11 is 4.84. The van der Waals surface area contributed by atoms with Gasteiger partial charge < -0.3 is 10.6 Å². The number of carbonyl (C=O) groups is 2. The fourth-order valence-electron chi connectivity index (χ4n) is 2.19. The van der Waals surface area contributed by atoms with Gasteiger partial charge in [0.25, 0.3) is 5.91 Å². The fourth-order valence-corrected chi connectivity index (χ4v) is 3.13. The molecule has 0 aromatic heterocycles. The second kappa shape index (κ2) is 9.68. The van der Waals surface area contributed by atoms with Crippen molar-refractivity contribution in [3.8, 4) is 0 Å². The van der Waals surface area contributed by atoms with Gasteiger partial charge in [0.05, 0.1) is 5.56 Å². The van der Waals surface area contributed by atoms with Crippen LogP contribution < -0.4 is 10.6 Å². The number of hydrogen-bond acceptors (Lipinski definition) is 3. The zero-order valence-electron chi connectivity index (χ0n) is 13.9. The number of amides is 2. The minimum Gasteiger partial charge on any atom is -0.340 e. The molecule has 2 amide bonds. The molecular weight excluding hydrogens is 426 g/mol. The van der Waals surface area contributed by atoms with Gasteiger partial charge in [-0.05, 0) is 58.6 Å². The SMILES string of the molecule is CSCC[C@@H](NC(=O)c1ccccc1Br)C(=O)Nc1ccc(F)c(F)c1. The van der Waals surface area contributed by atoms with Gasteiger partial charge in [-0.1, -0.05) is 12.1 Å². The maximum absolute atomic E-state index is 13.3. The lowest BCUT2D eigenvalue weighted by atomic mass is 10.1. The van der Waals surface area contributed by atoms with Crippen molar-refractivity contribution < 1.29 is 18.4 Å². The predicted octanol–water partition coefficient (Wildman–Crippen LogP) is 4.22. The Hall–Kier alpha value is -1.93. The first-order valence-electron chi connectivity index (χ1n) is 7.72. The van der Waals surface area contributed by atoms with Crippen molar-refractivity contribution in [1.29, 1.82) is 0 Å². The van der Waals surface area contributed by atoms with Crippen molar-refractivity contribution in [2.45, 2.75) is 12.5 Å². The monoisotopic (exact) mass is 442 g/mol. The summed E-state index contributed by atoms with van der Waals surface area (Å²) < 4.78 is 26.9. The summed E-state index contributed by atoms with van der Waals surface area (Å²) in [6.07, 6.45) is 2.28. The Kier molecular flexibility index (Phi) is 7.59. The molecule has 0 heterocycles. The van der Waals surface area contributed by atoms with Crippen LogP contribution >= 0.6 is 27.7 Å². The molecule has 26 heavy (non-hydrogen) atoms. The molecule has 0 spiro atoms. The van der Waals surface area contributed by atoms with Crippen LogP contribution in [0.2, 0.25) is 0 Å². The van der Waals surface area contributed by atoms with Crippen molar-refractivity contribution in [2.75, 3.05) is 17.3 Å². The molecule has 138 valence electrons. The molecule has 8 heteroatoms. The third-order valence-electron chi connectivity index (χ3n) is 3.54. The van der Waals surface area contributed by atoms with Crippen molar-refractivity contribution in [3.63, 3.8) is 0 Å². The number of anilines is 1. The molecule has 0 aliphatic rings. The van der Waals surface area contributed by atoms with Crippen molar-refractivity contribution in [1.82, 2.24) is 5.32 Å². The van der Waals surface area contributed by atoms with Crippen LogP contribution in [0.4, 0.5) is 14.5 Å². The number of nitrogens with one attached hydrogen (secondary N) is 2. The zero-order valence-corrected chi connectivity index (χ0v) is 16.3. The minimum atomic E-state index is -1.05. The van der Waals surface area contributed by atoms with Crippen LogP contribution in [-0.2, 0) is 4.79 Å². The van der Waals surface area contributed by atoms with E-state index < -0.39 is 29.5 Å². The molecule has 0 saturated carbocycles. The molecule has 2 N–H and O–H groups in total. The van der Waals surface area contributed by atoms with Crippen molar-refractivity contribution in [2.24, 2.45) is 0 Å². The Morgan fingerprint density at radius 3 is 2.54 bits per heavy atom. The lowest BCUT2D eigenvalue weighted by Gasteiger charge is -2.18. The Morgan fingerprint density at radius 2 is 1.88 bits per heavy atom. The average molecular weight is 443 g/mol. The molecule has 4 nitrogen and oxygen atoms in total. The van der Waals surface area contributed by atoms with Gasteiger partial charge in [0.1, 0.15) is 6.04 Å². The highest BCUT2D eigenvalue weighted by molar-refractivity contribution is 9.10.